The molecule has 3 heteroatoms. The Bertz CT molecular complexity index is 119. The Labute approximate surface area is 66.7 Å². The third-order valence-electron chi connectivity index (χ3n) is 1.72. The summed E-state index contributed by atoms with van der Waals surface area (Å²) in [7, 11) is 0. The Kier molecular flexibility index (Phi) is 3.52. The van der Waals surface area contributed by atoms with Crippen LogP contribution in [0.5, 0.6) is 0 Å². The fraction of sp³-hybridized carbons (Fsp3) is 0.875. The quantitative estimate of drug-likeness (QED) is 0.569. The summed E-state index contributed by atoms with van der Waals surface area (Å²) in [5, 5.41) is 0. The first-order chi connectivity index (χ1) is 5.33. The zero-order valence-corrected chi connectivity index (χ0v) is 6.79. The van der Waals surface area contributed by atoms with Gasteiger partial charge in [-0.1, -0.05) is 0 Å². The van der Waals surface area contributed by atoms with Crippen LogP contribution >= 0.6 is 0 Å². The van der Waals surface area contributed by atoms with Crippen molar-refractivity contribution in [3.05, 3.63) is 0 Å². The highest BCUT2D eigenvalue weighted by molar-refractivity contribution is 5.55. The molecule has 0 radical (unpaired) electrons. The van der Waals surface area contributed by atoms with Crippen LogP contribution in [0.4, 0.5) is 0 Å². The van der Waals surface area contributed by atoms with Crippen LogP contribution in [0.15, 0.2) is 0 Å². The van der Waals surface area contributed by atoms with Crippen molar-refractivity contribution in [1.82, 2.24) is 0 Å². The molecule has 3 nitrogen and oxygen atoms in total. The fourth-order valence-electron chi connectivity index (χ4n) is 1.15. The Morgan fingerprint density at radius 1 is 1.73 bits per heavy atom. The Morgan fingerprint density at radius 3 is 3.09 bits per heavy atom. The van der Waals surface area contributed by atoms with Gasteiger partial charge < -0.3 is 14.3 Å². The molecule has 0 aliphatic carbocycles. The van der Waals surface area contributed by atoms with E-state index in [4.69, 9.17) is 9.47 Å². The van der Waals surface area contributed by atoms with E-state index in [0.717, 1.165) is 25.7 Å². The van der Waals surface area contributed by atoms with Crippen molar-refractivity contribution in [3.63, 3.8) is 0 Å². The lowest BCUT2D eigenvalue weighted by atomic mass is 10.2. The normalized spacial score (nSPS) is 27.9. The molecule has 1 heterocycles. The van der Waals surface area contributed by atoms with Crippen molar-refractivity contribution in [3.8, 4) is 0 Å². The van der Waals surface area contributed by atoms with Gasteiger partial charge in [0.25, 0.3) is 0 Å². The molecule has 1 fully saturated rings. The van der Waals surface area contributed by atoms with E-state index < -0.39 is 0 Å². The van der Waals surface area contributed by atoms with Crippen LogP contribution in [0.3, 0.4) is 0 Å². The van der Waals surface area contributed by atoms with Crippen LogP contribution in [0, 0.1) is 0 Å². The van der Waals surface area contributed by atoms with Gasteiger partial charge in [-0.05, 0) is 19.8 Å². The van der Waals surface area contributed by atoms with Gasteiger partial charge in [0.05, 0.1) is 12.7 Å². The Hall–Kier alpha value is -0.410. The molecule has 0 aromatic heterocycles. The Balaban J connectivity index is 2.18. The van der Waals surface area contributed by atoms with Gasteiger partial charge in [0.1, 0.15) is 12.4 Å². The smallest absolute Gasteiger partial charge is 0.148 e. The monoisotopic (exact) mass is 158 g/mol. The number of carbonyl (C=O) groups is 1. The van der Waals surface area contributed by atoms with Crippen LogP contribution in [0.2, 0.25) is 0 Å². The molecular formula is C8H14O3. The molecule has 0 spiro atoms. The summed E-state index contributed by atoms with van der Waals surface area (Å²) < 4.78 is 10.5. The van der Waals surface area contributed by atoms with Gasteiger partial charge in [-0.15, -0.1) is 0 Å². The van der Waals surface area contributed by atoms with E-state index in [9.17, 15) is 4.79 Å². The average molecular weight is 158 g/mol. The predicted molar refractivity (Wildman–Crippen MR) is 40.5 cm³/mol. The molecule has 1 aliphatic rings. The molecule has 0 aromatic rings. The summed E-state index contributed by atoms with van der Waals surface area (Å²) >= 11 is 0. The molecule has 1 unspecified atom stereocenters. The second-order valence-electron chi connectivity index (χ2n) is 2.82. The number of rotatable bonds is 3. The van der Waals surface area contributed by atoms with Gasteiger partial charge in [-0.3, -0.25) is 0 Å². The lowest BCUT2D eigenvalue weighted by Crippen LogP contribution is -2.29. The molecule has 1 saturated heterocycles. The van der Waals surface area contributed by atoms with Crippen molar-refractivity contribution in [2.24, 2.45) is 0 Å². The summed E-state index contributed by atoms with van der Waals surface area (Å²) in [5.74, 6) is 0. The lowest BCUT2D eigenvalue weighted by molar-refractivity contribution is -0.126. The van der Waals surface area contributed by atoms with Crippen molar-refractivity contribution in [2.75, 3.05) is 13.2 Å². The summed E-state index contributed by atoms with van der Waals surface area (Å²) in [6.45, 7) is 3.22. The first-order valence-corrected chi connectivity index (χ1v) is 4.01. The molecule has 64 valence electrons. The highest BCUT2D eigenvalue weighted by atomic mass is 16.5. The third-order valence-corrected chi connectivity index (χ3v) is 1.72. The minimum atomic E-state index is -0.290. The van der Waals surface area contributed by atoms with E-state index in [-0.39, 0.29) is 12.2 Å². The van der Waals surface area contributed by atoms with E-state index in [1.165, 1.54) is 0 Å². The van der Waals surface area contributed by atoms with Gasteiger partial charge >= 0.3 is 0 Å². The van der Waals surface area contributed by atoms with Crippen molar-refractivity contribution < 1.29 is 14.3 Å². The summed E-state index contributed by atoms with van der Waals surface area (Å²) in [5.41, 5.74) is 0. The maximum atomic E-state index is 10.2. The number of ether oxygens (including phenoxy) is 2. The Morgan fingerprint density at radius 2 is 2.55 bits per heavy atom. The maximum absolute atomic E-state index is 10.2. The average Bonchev–Trinajstić information content (AvgIpc) is 2.06. The molecular weight excluding hydrogens is 144 g/mol. The summed E-state index contributed by atoms with van der Waals surface area (Å²) in [4.78, 5) is 10.2. The van der Waals surface area contributed by atoms with E-state index in [0.29, 0.717) is 6.61 Å². The van der Waals surface area contributed by atoms with Crippen LogP contribution in [-0.2, 0) is 14.3 Å². The molecule has 0 saturated carbocycles. The zero-order chi connectivity index (χ0) is 8.10. The molecule has 0 aromatic carbocycles. The molecule has 1 rings (SSSR count). The standard InChI is InChI=1S/C8H14O3/c1-7(5-9)11-8-3-2-4-10-6-8/h5,7-8H,2-4,6H2,1H3/t7-,8?/m1/s1. The zero-order valence-electron chi connectivity index (χ0n) is 6.79. The molecule has 0 bridgehead atoms. The van der Waals surface area contributed by atoms with Gasteiger partial charge in [0.15, 0.2) is 0 Å². The second kappa shape index (κ2) is 4.46. The van der Waals surface area contributed by atoms with E-state index in [1.54, 1.807) is 6.92 Å². The van der Waals surface area contributed by atoms with E-state index in [2.05, 4.69) is 0 Å². The van der Waals surface area contributed by atoms with Crippen LogP contribution in [-0.4, -0.2) is 31.7 Å². The SMILES string of the molecule is C[C@H](C=O)OC1CCCOC1. The third kappa shape index (κ3) is 2.99. The van der Waals surface area contributed by atoms with Crippen molar-refractivity contribution in [2.45, 2.75) is 32.0 Å². The summed E-state index contributed by atoms with van der Waals surface area (Å²) in [6, 6.07) is 0. The van der Waals surface area contributed by atoms with Gasteiger partial charge in [-0.25, -0.2) is 0 Å². The lowest BCUT2D eigenvalue weighted by Gasteiger charge is -2.23. The first kappa shape index (κ1) is 8.68. The van der Waals surface area contributed by atoms with Gasteiger partial charge in [0.2, 0.25) is 0 Å². The fourth-order valence-corrected chi connectivity index (χ4v) is 1.15. The second-order valence-corrected chi connectivity index (χ2v) is 2.82. The van der Waals surface area contributed by atoms with Crippen LogP contribution in [0.1, 0.15) is 19.8 Å². The minimum Gasteiger partial charge on any atom is -0.379 e. The van der Waals surface area contributed by atoms with Crippen molar-refractivity contribution >= 4 is 6.29 Å². The van der Waals surface area contributed by atoms with E-state index in [1.807, 2.05) is 0 Å². The largest absolute Gasteiger partial charge is 0.379 e. The van der Waals surface area contributed by atoms with Gasteiger partial charge in [0, 0.05) is 6.61 Å². The van der Waals surface area contributed by atoms with Crippen LogP contribution in [0.25, 0.3) is 0 Å². The molecule has 1 aliphatic heterocycles. The molecule has 0 amide bonds. The van der Waals surface area contributed by atoms with Crippen LogP contribution < -0.4 is 0 Å². The topological polar surface area (TPSA) is 35.5 Å². The molecule has 11 heavy (non-hydrogen) atoms. The number of aldehydes is 1. The summed E-state index contributed by atoms with van der Waals surface area (Å²) in [6.07, 6.45) is 2.70. The number of hydrogen-bond acceptors (Lipinski definition) is 3. The minimum absolute atomic E-state index is 0.129. The maximum Gasteiger partial charge on any atom is 0.148 e. The highest BCUT2D eigenvalue weighted by Gasteiger charge is 2.16. The molecule has 2 atom stereocenters. The number of hydrogen-bond donors (Lipinski definition) is 0. The number of carbonyl (C=O) groups excluding carboxylic acids is 1. The van der Waals surface area contributed by atoms with Gasteiger partial charge in [-0.2, -0.15) is 0 Å². The van der Waals surface area contributed by atoms with E-state index >= 15 is 0 Å². The highest BCUT2D eigenvalue weighted by Crippen LogP contribution is 2.10. The molecule has 0 N–H and O–H groups in total. The van der Waals surface area contributed by atoms with Crippen molar-refractivity contribution in [1.29, 1.82) is 0 Å². The predicted octanol–water partition coefficient (Wildman–Crippen LogP) is 0.769. The first-order valence-electron chi connectivity index (χ1n) is 4.01.